The van der Waals surface area contributed by atoms with Gasteiger partial charge in [-0.1, -0.05) is 33.1 Å². The van der Waals surface area contributed by atoms with E-state index in [-0.39, 0.29) is 11.3 Å². The molecule has 0 N–H and O–H groups in total. The maximum atomic E-state index is 5.90. The molecule has 2 aromatic rings. The molecule has 7 nitrogen and oxygen atoms in total. The molecule has 0 aromatic carbocycles. The first-order valence-corrected chi connectivity index (χ1v) is 7.50. The van der Waals surface area contributed by atoms with Crippen LogP contribution >= 0.6 is 11.6 Å². The van der Waals surface area contributed by atoms with Crippen LogP contribution in [0.1, 0.15) is 39.5 Å². The molecule has 1 unspecified atom stereocenters. The van der Waals surface area contributed by atoms with Crippen molar-refractivity contribution in [3.8, 4) is 12.0 Å². The summed E-state index contributed by atoms with van der Waals surface area (Å²) in [6.07, 6.45) is 7.48. The SMILES string of the molecule is CCCCC(CC)COc1nc(Cl)nc(-n2cncn2)n1. The lowest BCUT2D eigenvalue weighted by atomic mass is 10.0. The van der Waals surface area contributed by atoms with Gasteiger partial charge in [0.25, 0.3) is 5.95 Å². The molecule has 0 spiro atoms. The van der Waals surface area contributed by atoms with Crippen molar-refractivity contribution in [2.24, 2.45) is 5.92 Å². The van der Waals surface area contributed by atoms with Gasteiger partial charge >= 0.3 is 6.01 Å². The predicted octanol–water partition coefficient (Wildman–Crippen LogP) is 2.70. The maximum absolute atomic E-state index is 5.90. The molecule has 2 heterocycles. The van der Waals surface area contributed by atoms with Crippen molar-refractivity contribution in [1.29, 1.82) is 0 Å². The van der Waals surface area contributed by atoms with Crippen molar-refractivity contribution in [2.45, 2.75) is 39.5 Å². The topological polar surface area (TPSA) is 78.6 Å². The largest absolute Gasteiger partial charge is 0.463 e. The Balaban J connectivity index is 2.03. The Morgan fingerprint density at radius 1 is 1.29 bits per heavy atom. The van der Waals surface area contributed by atoms with E-state index < -0.39 is 0 Å². The van der Waals surface area contributed by atoms with Gasteiger partial charge in [0.15, 0.2) is 0 Å². The highest BCUT2D eigenvalue weighted by molar-refractivity contribution is 6.28. The van der Waals surface area contributed by atoms with Crippen molar-refractivity contribution in [3.63, 3.8) is 0 Å². The van der Waals surface area contributed by atoms with Crippen molar-refractivity contribution < 1.29 is 4.74 Å². The van der Waals surface area contributed by atoms with Crippen molar-refractivity contribution in [1.82, 2.24) is 29.7 Å². The van der Waals surface area contributed by atoms with E-state index in [0.29, 0.717) is 18.5 Å². The Hall–Kier alpha value is -1.76. The summed E-state index contributed by atoms with van der Waals surface area (Å²) in [4.78, 5) is 16.0. The van der Waals surface area contributed by atoms with Gasteiger partial charge in [-0.15, -0.1) is 0 Å². The Labute approximate surface area is 128 Å². The number of aromatic nitrogens is 6. The van der Waals surface area contributed by atoms with E-state index in [1.54, 1.807) is 0 Å². The molecular formula is C13H19ClN6O. The lowest BCUT2D eigenvalue weighted by Crippen LogP contribution is -2.14. The lowest BCUT2D eigenvalue weighted by Gasteiger charge is -2.14. The van der Waals surface area contributed by atoms with E-state index in [4.69, 9.17) is 16.3 Å². The summed E-state index contributed by atoms with van der Waals surface area (Å²) < 4.78 is 7.08. The third-order valence-electron chi connectivity index (χ3n) is 3.19. The minimum absolute atomic E-state index is 0.0760. The highest BCUT2D eigenvalue weighted by atomic mass is 35.5. The van der Waals surface area contributed by atoms with Gasteiger partial charge in [-0.3, -0.25) is 0 Å². The summed E-state index contributed by atoms with van der Waals surface area (Å²) in [5.41, 5.74) is 0. The van der Waals surface area contributed by atoms with Gasteiger partial charge in [0.2, 0.25) is 5.28 Å². The van der Waals surface area contributed by atoms with Crippen LogP contribution in [-0.4, -0.2) is 36.3 Å². The smallest absolute Gasteiger partial charge is 0.322 e. The van der Waals surface area contributed by atoms with E-state index in [9.17, 15) is 0 Å². The quantitative estimate of drug-likeness (QED) is 0.746. The van der Waals surface area contributed by atoms with Gasteiger partial charge in [-0.25, -0.2) is 4.98 Å². The molecule has 21 heavy (non-hydrogen) atoms. The minimum atomic E-state index is 0.0760. The van der Waals surface area contributed by atoms with E-state index >= 15 is 0 Å². The first-order chi connectivity index (χ1) is 10.2. The van der Waals surface area contributed by atoms with Crippen LogP contribution < -0.4 is 4.74 Å². The Morgan fingerprint density at radius 2 is 2.14 bits per heavy atom. The molecule has 2 aromatic heterocycles. The molecule has 0 amide bonds. The molecule has 1 atom stereocenters. The summed E-state index contributed by atoms with van der Waals surface area (Å²) in [6.45, 7) is 4.92. The van der Waals surface area contributed by atoms with Crippen LogP contribution in [0.5, 0.6) is 6.01 Å². The highest BCUT2D eigenvalue weighted by Gasteiger charge is 2.11. The van der Waals surface area contributed by atoms with Gasteiger partial charge in [0, 0.05) is 0 Å². The average Bonchev–Trinajstić information content (AvgIpc) is 3.01. The third-order valence-corrected chi connectivity index (χ3v) is 3.36. The summed E-state index contributed by atoms with van der Waals surface area (Å²) >= 11 is 5.90. The number of hydrogen-bond acceptors (Lipinski definition) is 6. The average molecular weight is 311 g/mol. The summed E-state index contributed by atoms with van der Waals surface area (Å²) in [5, 5.41) is 4.04. The van der Waals surface area contributed by atoms with Crippen LogP contribution in [0.3, 0.4) is 0 Å². The van der Waals surface area contributed by atoms with Gasteiger partial charge in [-0.2, -0.15) is 24.7 Å². The summed E-state index contributed by atoms with van der Waals surface area (Å²) in [6, 6.07) is 0.218. The first kappa shape index (κ1) is 15.6. The number of nitrogens with zero attached hydrogens (tertiary/aromatic N) is 6. The number of hydrogen-bond donors (Lipinski definition) is 0. The molecule has 0 saturated heterocycles. The predicted molar refractivity (Wildman–Crippen MR) is 78.6 cm³/mol. The number of ether oxygens (including phenoxy) is 1. The van der Waals surface area contributed by atoms with E-state index in [0.717, 1.165) is 12.8 Å². The summed E-state index contributed by atoms with van der Waals surface area (Å²) in [7, 11) is 0. The molecule has 8 heteroatoms. The van der Waals surface area contributed by atoms with Gasteiger partial charge < -0.3 is 4.74 Å². The standard InChI is InChI=1S/C13H19ClN6O/c1-3-5-6-10(4-2)7-21-13-18-11(14)17-12(19-13)20-9-15-8-16-20/h8-10H,3-7H2,1-2H3. The fourth-order valence-corrected chi connectivity index (χ4v) is 2.04. The van der Waals surface area contributed by atoms with Gasteiger partial charge in [0.05, 0.1) is 6.61 Å². The number of unbranched alkanes of at least 4 members (excludes halogenated alkanes) is 1. The monoisotopic (exact) mass is 310 g/mol. The molecule has 114 valence electrons. The van der Waals surface area contributed by atoms with Crippen molar-refractivity contribution in [3.05, 3.63) is 17.9 Å². The van der Waals surface area contributed by atoms with Crippen LogP contribution in [0.25, 0.3) is 5.95 Å². The van der Waals surface area contributed by atoms with Crippen LogP contribution in [0, 0.1) is 5.92 Å². The minimum Gasteiger partial charge on any atom is -0.463 e. The maximum Gasteiger partial charge on any atom is 0.322 e. The second-order valence-electron chi connectivity index (χ2n) is 4.75. The molecule has 2 rings (SSSR count). The molecule has 0 radical (unpaired) electrons. The molecule has 0 bridgehead atoms. The second-order valence-corrected chi connectivity index (χ2v) is 5.09. The molecule has 0 aliphatic heterocycles. The van der Waals surface area contributed by atoms with E-state index in [1.165, 1.54) is 30.2 Å². The second kappa shape index (κ2) is 7.87. The zero-order valence-corrected chi connectivity index (χ0v) is 13.0. The Kier molecular flexibility index (Phi) is 5.86. The zero-order valence-electron chi connectivity index (χ0n) is 12.2. The van der Waals surface area contributed by atoms with Crippen molar-refractivity contribution in [2.75, 3.05) is 6.61 Å². The normalized spacial score (nSPS) is 12.3. The van der Waals surface area contributed by atoms with Crippen LogP contribution in [-0.2, 0) is 0 Å². The van der Waals surface area contributed by atoms with Gasteiger partial charge in [-0.05, 0) is 23.9 Å². The van der Waals surface area contributed by atoms with E-state index in [2.05, 4.69) is 38.9 Å². The lowest BCUT2D eigenvalue weighted by molar-refractivity contribution is 0.217. The van der Waals surface area contributed by atoms with Crippen LogP contribution in [0.15, 0.2) is 12.7 Å². The number of halogens is 1. The molecule has 0 aliphatic carbocycles. The Morgan fingerprint density at radius 3 is 2.81 bits per heavy atom. The first-order valence-electron chi connectivity index (χ1n) is 7.12. The molecule has 0 saturated carbocycles. The highest BCUT2D eigenvalue weighted by Crippen LogP contribution is 2.15. The molecular weight excluding hydrogens is 292 g/mol. The van der Waals surface area contributed by atoms with E-state index in [1.807, 2.05) is 0 Å². The molecule has 0 aliphatic rings. The zero-order chi connectivity index (χ0) is 15.1. The van der Waals surface area contributed by atoms with Crippen LogP contribution in [0.4, 0.5) is 0 Å². The fourth-order valence-electron chi connectivity index (χ4n) is 1.89. The third kappa shape index (κ3) is 4.63. The summed E-state index contributed by atoms with van der Waals surface area (Å²) in [5.74, 6) is 0.791. The van der Waals surface area contributed by atoms with Crippen LogP contribution in [0.2, 0.25) is 5.28 Å². The Bertz CT molecular complexity index is 548. The number of rotatable bonds is 8. The van der Waals surface area contributed by atoms with Crippen molar-refractivity contribution >= 4 is 11.6 Å². The van der Waals surface area contributed by atoms with Gasteiger partial charge in [0.1, 0.15) is 12.7 Å². The fraction of sp³-hybridized carbons (Fsp3) is 0.615. The molecule has 0 fully saturated rings.